The lowest BCUT2D eigenvalue weighted by atomic mass is 9.87. The van der Waals surface area contributed by atoms with Gasteiger partial charge < -0.3 is 9.64 Å². The van der Waals surface area contributed by atoms with E-state index in [4.69, 9.17) is 4.74 Å². The molecule has 1 heterocycles. The van der Waals surface area contributed by atoms with Gasteiger partial charge in [-0.1, -0.05) is 57.9 Å². The average molecular weight is 604 g/mol. The van der Waals surface area contributed by atoms with E-state index in [0.717, 1.165) is 26.9 Å². The van der Waals surface area contributed by atoms with Crippen molar-refractivity contribution in [2.75, 3.05) is 12.0 Å². The third kappa shape index (κ3) is 5.82. The fraction of sp³-hybridized carbons (Fsp3) is 0.161. The largest absolute Gasteiger partial charge is 0.497 e. The minimum atomic E-state index is -4.00. The van der Waals surface area contributed by atoms with Crippen LogP contribution in [0.25, 0.3) is 0 Å². The van der Waals surface area contributed by atoms with Crippen LogP contribution in [0.4, 0.5) is 5.69 Å². The molecule has 5 rings (SSSR count). The number of ketones is 1. The Bertz CT molecular complexity index is 1630. The van der Waals surface area contributed by atoms with E-state index in [-0.39, 0.29) is 17.1 Å². The summed E-state index contributed by atoms with van der Waals surface area (Å²) in [5.74, 6) is 0.966. The number of fused-ring (bicyclic) bond motifs is 1. The Hall–Kier alpha value is -3.75. The van der Waals surface area contributed by atoms with Crippen molar-refractivity contribution in [3.63, 3.8) is 0 Å². The summed E-state index contributed by atoms with van der Waals surface area (Å²) in [5, 5.41) is 0. The number of benzene rings is 4. The third-order valence-electron chi connectivity index (χ3n) is 6.79. The molecule has 4 aromatic rings. The van der Waals surface area contributed by atoms with Crippen LogP contribution in [-0.4, -0.2) is 27.1 Å². The maximum Gasteiger partial charge on any atom is 0.283 e. The summed E-state index contributed by atoms with van der Waals surface area (Å²) in [6, 6.07) is 28.6. The van der Waals surface area contributed by atoms with Gasteiger partial charge in [0.2, 0.25) is 0 Å². The molecule has 6 nitrogen and oxygen atoms in total. The highest BCUT2D eigenvalue weighted by molar-refractivity contribution is 9.10. The van der Waals surface area contributed by atoms with E-state index < -0.39 is 16.1 Å². The van der Waals surface area contributed by atoms with Gasteiger partial charge in [0.05, 0.1) is 18.0 Å². The molecule has 0 aromatic heterocycles. The number of hydrogen-bond donors (Lipinski definition) is 0. The molecule has 4 aromatic carbocycles. The quantitative estimate of drug-likeness (QED) is 0.214. The van der Waals surface area contributed by atoms with Crippen LogP contribution in [0, 0.1) is 6.92 Å². The van der Waals surface area contributed by atoms with Gasteiger partial charge in [-0.05, 0) is 78.7 Å². The van der Waals surface area contributed by atoms with Gasteiger partial charge >= 0.3 is 0 Å². The molecule has 1 aliphatic rings. The minimum Gasteiger partial charge on any atom is -0.497 e. The zero-order valence-electron chi connectivity index (χ0n) is 21.5. The molecular formula is C31H27BrN2O4S. The first kappa shape index (κ1) is 26.8. The zero-order valence-corrected chi connectivity index (χ0v) is 23.9. The van der Waals surface area contributed by atoms with Crippen molar-refractivity contribution >= 4 is 43.3 Å². The average Bonchev–Trinajstić information content (AvgIpc) is 2.94. The molecule has 0 bridgehead atoms. The van der Waals surface area contributed by atoms with Gasteiger partial charge in [0.25, 0.3) is 10.0 Å². The Balaban J connectivity index is 1.63. The highest BCUT2D eigenvalue weighted by atomic mass is 79.9. The lowest BCUT2D eigenvalue weighted by molar-refractivity contribution is 0.0974. The Morgan fingerprint density at radius 1 is 0.949 bits per heavy atom. The van der Waals surface area contributed by atoms with E-state index in [0.29, 0.717) is 23.6 Å². The monoisotopic (exact) mass is 602 g/mol. The minimum absolute atomic E-state index is 0.0674. The summed E-state index contributed by atoms with van der Waals surface area (Å²) in [6.07, 6.45) is 0.438. The van der Waals surface area contributed by atoms with Crippen molar-refractivity contribution in [2.24, 2.45) is 4.40 Å². The number of carbonyl (C=O) groups is 1. The number of aryl methyl sites for hydroxylation is 1. The predicted octanol–water partition coefficient (Wildman–Crippen LogP) is 6.93. The van der Waals surface area contributed by atoms with Crippen molar-refractivity contribution in [1.29, 1.82) is 0 Å². The lowest BCUT2D eigenvalue weighted by Gasteiger charge is -2.39. The fourth-order valence-electron chi connectivity index (χ4n) is 4.77. The van der Waals surface area contributed by atoms with Crippen molar-refractivity contribution < 1.29 is 17.9 Å². The molecular weight excluding hydrogens is 576 g/mol. The van der Waals surface area contributed by atoms with Gasteiger partial charge in [-0.15, -0.1) is 4.40 Å². The van der Waals surface area contributed by atoms with Crippen molar-refractivity contribution in [2.45, 2.75) is 30.7 Å². The van der Waals surface area contributed by atoms with Gasteiger partial charge in [0.15, 0.2) is 5.78 Å². The molecule has 0 saturated heterocycles. The van der Waals surface area contributed by atoms with Crippen molar-refractivity contribution in [3.05, 3.63) is 124 Å². The van der Waals surface area contributed by atoms with Gasteiger partial charge in [0.1, 0.15) is 11.6 Å². The zero-order chi connectivity index (χ0) is 27.6. The second kappa shape index (κ2) is 11.2. The summed E-state index contributed by atoms with van der Waals surface area (Å²) in [5.41, 5.74) is 4.17. The topological polar surface area (TPSA) is 76.0 Å². The summed E-state index contributed by atoms with van der Waals surface area (Å²) in [4.78, 5) is 15.6. The predicted molar refractivity (Wildman–Crippen MR) is 157 cm³/mol. The first-order valence-electron chi connectivity index (χ1n) is 12.5. The summed E-state index contributed by atoms with van der Waals surface area (Å²) < 4.78 is 37.4. The molecule has 0 aliphatic carbocycles. The number of ether oxygens (including phenoxy) is 1. The molecule has 0 N–H and O–H groups in total. The lowest BCUT2D eigenvalue weighted by Crippen LogP contribution is -2.42. The molecule has 198 valence electrons. The SMILES string of the molecule is COc1ccc(C(=O)CC2c3ccccc3C/C(=N\S(=O)(=O)c3ccc(C)cc3)N2c2ccc(Br)cc2)cc1. The third-order valence-corrected chi connectivity index (χ3v) is 8.64. The van der Waals surface area contributed by atoms with Crippen LogP contribution in [-0.2, 0) is 16.4 Å². The Kier molecular flexibility index (Phi) is 7.68. The number of hydrogen-bond acceptors (Lipinski definition) is 4. The van der Waals surface area contributed by atoms with Crippen LogP contribution >= 0.6 is 15.9 Å². The molecule has 1 unspecified atom stereocenters. The maximum absolute atomic E-state index is 13.6. The van der Waals surface area contributed by atoms with Gasteiger partial charge in [-0.25, -0.2) is 0 Å². The standard InChI is InChI=1S/C31H27BrN2O4S/c1-21-7-17-27(18-8-21)39(36,37)33-31-19-23-5-3-4-6-28(23)29(34(31)25-13-11-24(32)12-14-25)20-30(35)22-9-15-26(38-2)16-10-22/h3-18,29H,19-20H2,1-2H3/b33-31+. The number of methoxy groups -OCH3 is 1. The molecule has 0 saturated carbocycles. The van der Waals surface area contributed by atoms with Gasteiger partial charge in [-0.2, -0.15) is 8.42 Å². The van der Waals surface area contributed by atoms with Crippen LogP contribution in [0.15, 0.2) is 111 Å². The van der Waals surface area contributed by atoms with Crippen LogP contribution in [0.5, 0.6) is 5.75 Å². The molecule has 0 spiro atoms. The summed E-state index contributed by atoms with van der Waals surface area (Å²) in [7, 11) is -2.42. The highest BCUT2D eigenvalue weighted by Gasteiger charge is 2.35. The molecule has 0 amide bonds. The second-order valence-corrected chi connectivity index (χ2v) is 11.9. The summed E-state index contributed by atoms with van der Waals surface area (Å²) in [6.45, 7) is 1.90. The number of nitrogens with zero attached hydrogens (tertiary/aromatic N) is 2. The second-order valence-electron chi connectivity index (χ2n) is 9.39. The maximum atomic E-state index is 13.6. The van der Waals surface area contributed by atoms with Crippen LogP contribution in [0.3, 0.4) is 0 Å². The number of Topliss-reactive ketones (excluding diaryl/α,β-unsaturated/α-hetero) is 1. The fourth-order valence-corrected chi connectivity index (χ4v) is 6.05. The Labute approximate surface area is 237 Å². The molecule has 1 atom stereocenters. The first-order chi connectivity index (χ1) is 18.7. The number of sulfonamides is 1. The van der Waals surface area contributed by atoms with E-state index in [1.54, 1.807) is 55.6 Å². The van der Waals surface area contributed by atoms with Crippen LogP contribution in [0.2, 0.25) is 0 Å². The van der Waals surface area contributed by atoms with E-state index in [2.05, 4.69) is 20.3 Å². The molecule has 0 fully saturated rings. The van der Waals surface area contributed by atoms with E-state index in [1.165, 1.54) is 0 Å². The van der Waals surface area contributed by atoms with Gasteiger partial charge in [-0.3, -0.25) is 4.79 Å². The number of halogens is 1. The van der Waals surface area contributed by atoms with E-state index in [1.807, 2.05) is 60.4 Å². The Morgan fingerprint density at radius 2 is 1.62 bits per heavy atom. The van der Waals surface area contributed by atoms with Gasteiger partial charge in [0, 0.05) is 28.6 Å². The smallest absolute Gasteiger partial charge is 0.283 e. The van der Waals surface area contributed by atoms with E-state index >= 15 is 0 Å². The van der Waals surface area contributed by atoms with Crippen LogP contribution in [0.1, 0.15) is 39.5 Å². The van der Waals surface area contributed by atoms with Crippen molar-refractivity contribution in [1.82, 2.24) is 0 Å². The number of amidine groups is 1. The van der Waals surface area contributed by atoms with Crippen molar-refractivity contribution in [3.8, 4) is 5.75 Å². The van der Waals surface area contributed by atoms with Crippen LogP contribution < -0.4 is 9.64 Å². The number of carbonyl (C=O) groups excluding carboxylic acids is 1. The number of rotatable bonds is 7. The molecule has 8 heteroatoms. The molecule has 1 aliphatic heterocycles. The normalized spacial score (nSPS) is 16.1. The molecule has 39 heavy (non-hydrogen) atoms. The highest BCUT2D eigenvalue weighted by Crippen LogP contribution is 2.39. The number of anilines is 1. The Morgan fingerprint density at radius 3 is 2.28 bits per heavy atom. The summed E-state index contributed by atoms with van der Waals surface area (Å²) >= 11 is 3.48. The molecule has 0 radical (unpaired) electrons. The first-order valence-corrected chi connectivity index (χ1v) is 14.7. The van der Waals surface area contributed by atoms with E-state index in [9.17, 15) is 13.2 Å².